The maximum atomic E-state index is 13.6. The fourth-order valence-corrected chi connectivity index (χ4v) is 3.21. The molecule has 4 rings (SSSR count). The largest absolute Gasteiger partial charge is 0.467 e. The summed E-state index contributed by atoms with van der Waals surface area (Å²) >= 11 is 0. The van der Waals surface area contributed by atoms with Gasteiger partial charge in [-0.2, -0.15) is 0 Å². The van der Waals surface area contributed by atoms with E-state index in [2.05, 4.69) is 4.85 Å². The number of hydrogen-bond acceptors (Lipinski definition) is 1. The van der Waals surface area contributed by atoms with Crippen LogP contribution in [-0.4, -0.2) is 0 Å². The second-order valence-corrected chi connectivity index (χ2v) is 5.84. The molecule has 0 amide bonds. The van der Waals surface area contributed by atoms with Gasteiger partial charge in [-0.25, -0.2) is 13.8 Å². The third kappa shape index (κ3) is 1.99. The van der Waals surface area contributed by atoms with Crippen LogP contribution in [0.5, 0.6) is 0 Å². The van der Waals surface area contributed by atoms with E-state index in [0.29, 0.717) is 22.2 Å². The number of aromatic nitrogens is 1. The topological polar surface area (TPSA) is 21.4 Å². The standard InChI is InChI=1S/C20H14FN2O/c1-12-10-15-14-11-13(21)7-8-17(14)24-20(15)19(22-2)18(12)16-6-4-5-9-23(16)3/h4-11H,1,3H3/q+1. The van der Waals surface area contributed by atoms with E-state index in [-0.39, 0.29) is 5.82 Å². The molecule has 0 aliphatic carbocycles. The Kier molecular flexibility index (Phi) is 3.10. The van der Waals surface area contributed by atoms with E-state index in [1.807, 2.05) is 49.0 Å². The average Bonchev–Trinajstić information content (AvgIpc) is 2.92. The van der Waals surface area contributed by atoms with Crippen LogP contribution in [0.4, 0.5) is 10.1 Å². The molecule has 0 N–H and O–H groups in total. The van der Waals surface area contributed by atoms with E-state index in [1.54, 1.807) is 6.07 Å². The molecule has 2 aromatic carbocycles. The Labute approximate surface area is 138 Å². The summed E-state index contributed by atoms with van der Waals surface area (Å²) in [5.41, 5.74) is 4.31. The highest BCUT2D eigenvalue weighted by molar-refractivity contribution is 6.12. The Morgan fingerprint density at radius 1 is 1.12 bits per heavy atom. The second-order valence-electron chi connectivity index (χ2n) is 5.84. The van der Waals surface area contributed by atoms with Gasteiger partial charge in [-0.1, -0.05) is 0 Å². The first kappa shape index (κ1) is 14.4. The van der Waals surface area contributed by atoms with Gasteiger partial charge in [0.1, 0.15) is 24.0 Å². The summed E-state index contributed by atoms with van der Waals surface area (Å²) < 4.78 is 21.5. The van der Waals surface area contributed by atoms with Gasteiger partial charge >= 0.3 is 0 Å². The zero-order valence-electron chi connectivity index (χ0n) is 13.3. The molecule has 0 fully saturated rings. The SMILES string of the molecule is [C-]#[N+]c1c(-c2cccc[n+]2C)c(C)cc2c1oc1ccc(F)cc12. The number of halogens is 1. The van der Waals surface area contributed by atoms with Gasteiger partial charge in [-0.3, -0.25) is 0 Å². The van der Waals surface area contributed by atoms with Crippen LogP contribution in [0.2, 0.25) is 0 Å². The highest BCUT2D eigenvalue weighted by atomic mass is 19.1. The molecule has 116 valence electrons. The number of pyridine rings is 1. The molecule has 4 aromatic rings. The quantitative estimate of drug-likeness (QED) is 0.354. The summed E-state index contributed by atoms with van der Waals surface area (Å²) in [5.74, 6) is -0.314. The van der Waals surface area contributed by atoms with Crippen LogP contribution in [-0.2, 0) is 7.05 Å². The van der Waals surface area contributed by atoms with Gasteiger partial charge in [0.15, 0.2) is 6.20 Å². The molecule has 4 heteroatoms. The molecular formula is C20H14FN2O+. The molecule has 2 heterocycles. The Bertz CT molecular complexity index is 1150. The van der Waals surface area contributed by atoms with Crippen LogP contribution in [0.15, 0.2) is 53.1 Å². The van der Waals surface area contributed by atoms with Gasteiger partial charge < -0.3 is 4.42 Å². The smallest absolute Gasteiger partial charge is 0.243 e. The Hall–Kier alpha value is -3.19. The lowest BCUT2D eigenvalue weighted by Gasteiger charge is -2.07. The molecule has 0 unspecified atom stereocenters. The minimum Gasteiger partial charge on any atom is -0.467 e. The van der Waals surface area contributed by atoms with E-state index in [9.17, 15) is 4.39 Å². The van der Waals surface area contributed by atoms with Crippen molar-refractivity contribution in [3.05, 3.63) is 71.5 Å². The third-order valence-corrected chi connectivity index (χ3v) is 4.32. The molecule has 0 saturated carbocycles. The maximum absolute atomic E-state index is 13.6. The molecule has 0 aliphatic rings. The van der Waals surface area contributed by atoms with E-state index < -0.39 is 0 Å². The first-order chi connectivity index (χ1) is 11.6. The van der Waals surface area contributed by atoms with E-state index in [4.69, 9.17) is 11.0 Å². The predicted molar refractivity (Wildman–Crippen MR) is 91.3 cm³/mol. The minimum absolute atomic E-state index is 0.314. The van der Waals surface area contributed by atoms with Crippen molar-refractivity contribution in [2.24, 2.45) is 7.05 Å². The summed E-state index contributed by atoms with van der Waals surface area (Å²) in [6.45, 7) is 9.65. The Morgan fingerprint density at radius 3 is 2.71 bits per heavy atom. The molecule has 2 aromatic heterocycles. The Morgan fingerprint density at radius 2 is 1.96 bits per heavy atom. The number of benzene rings is 2. The number of furan rings is 1. The van der Waals surface area contributed by atoms with Crippen LogP contribution in [0.3, 0.4) is 0 Å². The zero-order chi connectivity index (χ0) is 16.8. The first-order valence-corrected chi connectivity index (χ1v) is 7.58. The molecule has 0 bridgehead atoms. The monoisotopic (exact) mass is 317 g/mol. The summed E-state index contributed by atoms with van der Waals surface area (Å²) in [6, 6.07) is 12.3. The van der Waals surface area contributed by atoms with Crippen molar-refractivity contribution >= 4 is 27.6 Å². The fraction of sp³-hybridized carbons (Fsp3) is 0.100. The lowest BCUT2D eigenvalue weighted by molar-refractivity contribution is -0.660. The van der Waals surface area contributed by atoms with Crippen molar-refractivity contribution in [3.63, 3.8) is 0 Å². The molecule has 0 radical (unpaired) electrons. The van der Waals surface area contributed by atoms with Crippen LogP contribution in [0.25, 0.3) is 38.0 Å². The lowest BCUT2D eigenvalue weighted by atomic mass is 9.99. The van der Waals surface area contributed by atoms with Crippen LogP contribution >= 0.6 is 0 Å². The highest BCUT2D eigenvalue weighted by Crippen LogP contribution is 2.42. The van der Waals surface area contributed by atoms with Gasteiger partial charge in [-0.15, -0.1) is 0 Å². The third-order valence-electron chi connectivity index (χ3n) is 4.32. The number of nitrogens with zero attached hydrogens (tertiary/aromatic N) is 2. The van der Waals surface area contributed by atoms with Gasteiger partial charge in [0.25, 0.3) is 0 Å². The first-order valence-electron chi connectivity index (χ1n) is 7.58. The van der Waals surface area contributed by atoms with Gasteiger partial charge in [-0.05, 0) is 42.8 Å². The summed E-state index contributed by atoms with van der Waals surface area (Å²) in [6.07, 6.45) is 1.95. The molecule has 0 aliphatic heterocycles. The summed E-state index contributed by atoms with van der Waals surface area (Å²) in [4.78, 5) is 3.74. The molecule has 0 spiro atoms. The molecule has 24 heavy (non-hydrogen) atoms. The molecule has 0 saturated heterocycles. The fourth-order valence-electron chi connectivity index (χ4n) is 3.21. The van der Waals surface area contributed by atoms with Crippen molar-refractivity contribution in [2.75, 3.05) is 0 Å². The number of rotatable bonds is 1. The van der Waals surface area contributed by atoms with Crippen molar-refractivity contribution in [1.82, 2.24) is 0 Å². The summed E-state index contributed by atoms with van der Waals surface area (Å²) in [5, 5.41) is 1.47. The van der Waals surface area contributed by atoms with Crippen molar-refractivity contribution in [1.29, 1.82) is 0 Å². The number of aryl methyl sites for hydroxylation is 2. The van der Waals surface area contributed by atoms with Crippen LogP contribution < -0.4 is 4.57 Å². The average molecular weight is 317 g/mol. The predicted octanol–water partition coefficient (Wildman–Crippen LogP) is 5.08. The van der Waals surface area contributed by atoms with E-state index in [0.717, 1.165) is 22.2 Å². The van der Waals surface area contributed by atoms with Crippen molar-refractivity contribution < 1.29 is 13.4 Å². The van der Waals surface area contributed by atoms with Gasteiger partial charge in [0, 0.05) is 22.9 Å². The van der Waals surface area contributed by atoms with Crippen LogP contribution in [0, 0.1) is 19.3 Å². The van der Waals surface area contributed by atoms with Crippen LogP contribution in [0.1, 0.15) is 5.56 Å². The van der Waals surface area contributed by atoms with Crippen molar-refractivity contribution in [3.8, 4) is 11.3 Å². The van der Waals surface area contributed by atoms with E-state index >= 15 is 0 Å². The number of hydrogen-bond donors (Lipinski definition) is 0. The highest BCUT2D eigenvalue weighted by Gasteiger charge is 2.23. The normalized spacial score (nSPS) is 11.1. The summed E-state index contributed by atoms with van der Waals surface area (Å²) in [7, 11) is 1.95. The zero-order valence-corrected chi connectivity index (χ0v) is 13.3. The second kappa shape index (κ2) is 5.17. The van der Waals surface area contributed by atoms with E-state index in [1.165, 1.54) is 12.1 Å². The maximum Gasteiger partial charge on any atom is 0.243 e. The Balaban J connectivity index is 2.17. The van der Waals surface area contributed by atoms with Gasteiger partial charge in [0.05, 0.1) is 12.1 Å². The lowest BCUT2D eigenvalue weighted by Crippen LogP contribution is -2.30. The molecular weight excluding hydrogens is 303 g/mol. The molecule has 0 atom stereocenters. The van der Waals surface area contributed by atoms with Crippen molar-refractivity contribution in [2.45, 2.75) is 6.92 Å². The molecule has 3 nitrogen and oxygen atoms in total. The number of fused-ring (bicyclic) bond motifs is 3. The van der Waals surface area contributed by atoms with Gasteiger partial charge in [0.2, 0.25) is 11.4 Å². The minimum atomic E-state index is -0.314.